The summed E-state index contributed by atoms with van der Waals surface area (Å²) < 4.78 is 17.4. The number of thiophene rings is 1. The second-order valence-electron chi connectivity index (χ2n) is 7.61. The highest BCUT2D eigenvalue weighted by molar-refractivity contribution is 7.17. The van der Waals surface area contributed by atoms with Gasteiger partial charge in [0.05, 0.1) is 18.1 Å². The third kappa shape index (κ3) is 2.43. The lowest BCUT2D eigenvalue weighted by atomic mass is 10.1. The number of para-hydroxylation sites is 3. The summed E-state index contributed by atoms with van der Waals surface area (Å²) in [4.78, 5) is 5.02. The molecule has 0 aliphatic carbocycles. The average Bonchev–Trinajstić information content (AvgIpc) is 3.50. The van der Waals surface area contributed by atoms with Crippen molar-refractivity contribution in [2.45, 2.75) is 0 Å². The molecular formula is C27H16N2OS. The van der Waals surface area contributed by atoms with Crippen LogP contribution in [0.3, 0.4) is 0 Å². The second kappa shape index (κ2) is 6.30. The normalized spacial score (nSPS) is 12.3. The Bertz CT molecular complexity index is 1810. The molecule has 3 aromatic heterocycles. The van der Waals surface area contributed by atoms with Crippen molar-refractivity contribution in [3.05, 3.63) is 96.4 Å². The number of hydrogen-bond donors (Lipinski definition) is 0. The van der Waals surface area contributed by atoms with E-state index in [1.54, 1.807) is 11.3 Å². The van der Waals surface area contributed by atoms with Crippen molar-refractivity contribution < 1.29 is 5.79 Å². The zero-order valence-corrected chi connectivity index (χ0v) is 17.2. The van der Waals surface area contributed by atoms with Crippen molar-refractivity contribution in [1.82, 2.24) is 9.55 Å². The van der Waals surface area contributed by atoms with Crippen molar-refractivity contribution in [1.29, 1.82) is 0 Å². The Morgan fingerprint density at radius 1 is 0.806 bits per heavy atom. The van der Waals surface area contributed by atoms with E-state index >= 15 is 0 Å². The molecule has 0 saturated heterocycles. The lowest BCUT2D eigenvalue weighted by Gasteiger charge is -2.09. The maximum Gasteiger partial charge on any atom is 0.147 e. The lowest BCUT2D eigenvalue weighted by Crippen LogP contribution is -1.97. The van der Waals surface area contributed by atoms with Gasteiger partial charge in [0.25, 0.3) is 0 Å². The molecule has 4 heteroatoms. The molecule has 0 aliphatic heterocycles. The molecule has 0 atom stereocenters. The summed E-state index contributed by atoms with van der Waals surface area (Å²) >= 11 is 1.65. The molecule has 146 valence electrons. The van der Waals surface area contributed by atoms with Crippen LogP contribution in [0.4, 0.5) is 0 Å². The highest BCUT2D eigenvalue weighted by atomic mass is 32.1. The molecular weight excluding hydrogens is 400 g/mol. The Morgan fingerprint density at radius 3 is 2.65 bits per heavy atom. The SMILES string of the molecule is [2H]c1ccc2c(-c3nc4ccccc4n3-c3ccc4c(c3)oc3ccccc34)csc2c1. The van der Waals surface area contributed by atoms with Crippen molar-refractivity contribution in [3.63, 3.8) is 0 Å². The van der Waals surface area contributed by atoms with Gasteiger partial charge in [-0.15, -0.1) is 11.3 Å². The Labute approximate surface area is 183 Å². The highest BCUT2D eigenvalue weighted by Gasteiger charge is 2.18. The summed E-state index contributed by atoms with van der Waals surface area (Å²) in [5.41, 5.74) is 5.84. The smallest absolute Gasteiger partial charge is 0.147 e. The van der Waals surface area contributed by atoms with E-state index in [1.165, 1.54) is 0 Å². The standard InChI is InChI=1S/C27H16N2OS/c1-5-11-24-18(7-1)19-14-13-17(15-25(19)30-24)29-23-10-4-3-9-22(23)28-27(29)21-16-31-26-12-6-2-8-20(21)26/h1-16H/i6D. The van der Waals surface area contributed by atoms with Crippen molar-refractivity contribution in [2.24, 2.45) is 0 Å². The van der Waals surface area contributed by atoms with Crippen molar-refractivity contribution in [2.75, 3.05) is 0 Å². The predicted molar refractivity (Wildman–Crippen MR) is 129 cm³/mol. The van der Waals surface area contributed by atoms with Gasteiger partial charge in [0, 0.05) is 37.9 Å². The van der Waals surface area contributed by atoms with Gasteiger partial charge in [0.1, 0.15) is 17.0 Å². The maximum atomic E-state index is 7.95. The van der Waals surface area contributed by atoms with E-state index in [1.807, 2.05) is 54.6 Å². The Balaban J connectivity index is 1.54. The first kappa shape index (κ1) is 15.9. The van der Waals surface area contributed by atoms with Gasteiger partial charge in [-0.1, -0.05) is 48.5 Å². The minimum Gasteiger partial charge on any atom is -0.456 e. The molecule has 0 spiro atoms. The molecule has 0 radical (unpaired) electrons. The molecule has 0 saturated carbocycles. The van der Waals surface area contributed by atoms with Crippen LogP contribution in [0.2, 0.25) is 0 Å². The van der Waals surface area contributed by atoms with E-state index in [0.29, 0.717) is 6.04 Å². The summed E-state index contributed by atoms with van der Waals surface area (Å²) in [6.45, 7) is 0. The van der Waals surface area contributed by atoms with Crippen LogP contribution in [-0.2, 0) is 0 Å². The first-order valence-corrected chi connectivity index (χ1v) is 11.0. The highest BCUT2D eigenvalue weighted by Crippen LogP contribution is 2.38. The van der Waals surface area contributed by atoms with E-state index < -0.39 is 0 Å². The van der Waals surface area contributed by atoms with E-state index in [-0.39, 0.29) is 0 Å². The van der Waals surface area contributed by atoms with Gasteiger partial charge in [-0.3, -0.25) is 4.57 Å². The molecule has 0 aliphatic rings. The molecule has 3 heterocycles. The molecule has 4 aromatic carbocycles. The Hall–Kier alpha value is -3.89. The molecule has 0 fully saturated rings. The fraction of sp³-hybridized carbons (Fsp3) is 0. The van der Waals surface area contributed by atoms with Crippen LogP contribution in [-0.4, -0.2) is 9.55 Å². The first-order chi connectivity index (χ1) is 15.8. The molecule has 7 rings (SSSR count). The van der Waals surface area contributed by atoms with E-state index in [2.05, 4.69) is 40.3 Å². The largest absolute Gasteiger partial charge is 0.456 e. The van der Waals surface area contributed by atoms with Gasteiger partial charge < -0.3 is 4.42 Å². The predicted octanol–water partition coefficient (Wildman–Crippen LogP) is 7.81. The number of hydrogen-bond acceptors (Lipinski definition) is 3. The minimum absolute atomic E-state index is 0.523. The topological polar surface area (TPSA) is 31.0 Å². The van der Waals surface area contributed by atoms with Crippen LogP contribution in [0, 0.1) is 0 Å². The molecule has 3 nitrogen and oxygen atoms in total. The summed E-state index contributed by atoms with van der Waals surface area (Å²) in [6.07, 6.45) is 0. The van der Waals surface area contributed by atoms with Crippen LogP contribution in [0.5, 0.6) is 0 Å². The van der Waals surface area contributed by atoms with Crippen molar-refractivity contribution >= 4 is 54.4 Å². The van der Waals surface area contributed by atoms with Crippen LogP contribution in [0.1, 0.15) is 1.37 Å². The zero-order valence-electron chi connectivity index (χ0n) is 17.4. The fourth-order valence-corrected chi connectivity index (χ4v) is 5.33. The van der Waals surface area contributed by atoms with Gasteiger partial charge in [-0.25, -0.2) is 4.98 Å². The number of imidazole rings is 1. The molecule has 7 aromatic rings. The van der Waals surface area contributed by atoms with Gasteiger partial charge in [-0.2, -0.15) is 0 Å². The van der Waals surface area contributed by atoms with E-state index in [0.717, 1.165) is 60.1 Å². The summed E-state index contributed by atoms with van der Waals surface area (Å²) in [5.74, 6) is 0.894. The quantitative estimate of drug-likeness (QED) is 0.287. The molecule has 31 heavy (non-hydrogen) atoms. The number of fused-ring (bicyclic) bond motifs is 5. The number of benzene rings is 4. The number of aromatic nitrogens is 2. The third-order valence-electron chi connectivity index (χ3n) is 5.84. The molecule has 0 amide bonds. The average molecular weight is 418 g/mol. The molecule has 0 N–H and O–H groups in total. The van der Waals surface area contributed by atoms with E-state index in [4.69, 9.17) is 10.8 Å². The van der Waals surface area contributed by atoms with Crippen LogP contribution >= 0.6 is 11.3 Å². The van der Waals surface area contributed by atoms with Gasteiger partial charge in [0.15, 0.2) is 0 Å². The van der Waals surface area contributed by atoms with Crippen molar-refractivity contribution in [3.8, 4) is 17.1 Å². The fourth-order valence-electron chi connectivity index (χ4n) is 4.42. The lowest BCUT2D eigenvalue weighted by molar-refractivity contribution is 0.668. The number of nitrogens with zero attached hydrogens (tertiary/aromatic N) is 2. The van der Waals surface area contributed by atoms with E-state index in [9.17, 15) is 0 Å². The third-order valence-corrected chi connectivity index (χ3v) is 6.79. The molecule has 0 unspecified atom stereocenters. The minimum atomic E-state index is 0.523. The van der Waals surface area contributed by atoms with Crippen LogP contribution in [0.15, 0.2) is 101 Å². The summed E-state index contributed by atoms with van der Waals surface area (Å²) in [5, 5.41) is 5.49. The monoisotopic (exact) mass is 417 g/mol. The first-order valence-electron chi connectivity index (χ1n) is 10.6. The van der Waals surface area contributed by atoms with Crippen LogP contribution < -0.4 is 0 Å². The van der Waals surface area contributed by atoms with Gasteiger partial charge in [-0.05, 0) is 36.4 Å². The zero-order chi connectivity index (χ0) is 21.2. The Morgan fingerprint density at radius 2 is 1.65 bits per heavy atom. The Kier molecular flexibility index (Phi) is 3.23. The number of rotatable bonds is 2. The summed E-state index contributed by atoms with van der Waals surface area (Å²) in [6, 6.07) is 29.0. The molecule has 0 bridgehead atoms. The summed E-state index contributed by atoms with van der Waals surface area (Å²) in [7, 11) is 0. The van der Waals surface area contributed by atoms with Crippen LogP contribution in [0.25, 0.3) is 60.1 Å². The van der Waals surface area contributed by atoms with Gasteiger partial charge >= 0.3 is 0 Å². The van der Waals surface area contributed by atoms with Gasteiger partial charge in [0.2, 0.25) is 0 Å². The maximum absolute atomic E-state index is 7.95. The number of furan rings is 1. The second-order valence-corrected chi connectivity index (χ2v) is 8.52.